The molecule has 3 aliphatic carbocycles. The van der Waals surface area contributed by atoms with Crippen molar-refractivity contribution in [2.75, 3.05) is 26.3 Å². The highest BCUT2D eigenvalue weighted by atomic mass is 16.5. The number of phenols is 1. The van der Waals surface area contributed by atoms with E-state index >= 15 is 4.79 Å². The number of nitrogens with two attached hydrogens (primary N) is 2. The molecule has 2 aromatic heterocycles. The fourth-order valence-electron chi connectivity index (χ4n) is 12.1. The van der Waals surface area contributed by atoms with Crippen LogP contribution in [0.15, 0.2) is 72.1 Å². The van der Waals surface area contributed by atoms with Crippen LogP contribution in [0, 0.1) is 29.6 Å². The number of aliphatic imine (C=N–C) groups is 1. The number of carbonyl (C=O) groups excluding carboxylic acids is 11. The monoisotopic (exact) mass is 1250 g/mol. The minimum atomic E-state index is -1.78. The number of benzene rings is 2. The summed E-state index contributed by atoms with van der Waals surface area (Å²) in [5, 5.41) is 40.9. The zero-order valence-corrected chi connectivity index (χ0v) is 51.8. The number of nitrogens with one attached hydrogen (secondary N) is 9. The molecule has 15 N–H and O–H groups in total. The number of aromatic hydroxyl groups is 1. The summed E-state index contributed by atoms with van der Waals surface area (Å²) in [6, 6.07) is 4.43. The highest BCUT2D eigenvalue weighted by Crippen LogP contribution is 2.39. The number of ether oxygens (including phenoxy) is 1. The summed E-state index contributed by atoms with van der Waals surface area (Å²) in [4.78, 5) is 165. The largest absolute Gasteiger partial charge is 0.508 e. The molecule has 3 aliphatic rings. The third-order valence-corrected chi connectivity index (χ3v) is 16.7. The molecule has 4 aromatic rings. The number of fused-ring (bicyclic) bond motifs is 2. The first kappa shape index (κ1) is 68.7. The Morgan fingerprint density at radius 2 is 1.40 bits per heavy atom. The maximum absolute atomic E-state index is 15.1. The van der Waals surface area contributed by atoms with Crippen molar-refractivity contribution in [1.29, 1.82) is 0 Å². The number of hydrogen-bond donors (Lipinski definition) is 13. The predicted molar refractivity (Wildman–Crippen MR) is 331 cm³/mol. The zero-order valence-electron chi connectivity index (χ0n) is 51.8. The summed E-state index contributed by atoms with van der Waals surface area (Å²) in [6.07, 6.45) is 6.35. The minimum absolute atomic E-state index is 0.00349. The fourth-order valence-corrected chi connectivity index (χ4v) is 12.1. The summed E-state index contributed by atoms with van der Waals surface area (Å²) in [6.45, 7) is 9.61. The van der Waals surface area contributed by atoms with Crippen molar-refractivity contribution in [2.45, 2.75) is 160 Å². The Morgan fingerprint density at radius 3 is 2.07 bits per heavy atom. The number of nitrogens with zero attached hydrogens (tertiary/aromatic N) is 1. The Bertz CT molecular complexity index is 3310. The van der Waals surface area contributed by atoms with Crippen molar-refractivity contribution in [1.82, 2.24) is 47.2 Å². The van der Waals surface area contributed by atoms with Crippen LogP contribution in [-0.2, 0) is 76.7 Å². The van der Waals surface area contributed by atoms with E-state index in [9.17, 15) is 58.2 Å². The first-order valence-corrected chi connectivity index (χ1v) is 30.8. The Labute approximate surface area is 521 Å². The molecule has 2 saturated carbocycles. The topological polar surface area (TPSA) is 418 Å². The molecular formula is C64H86N12O14. The summed E-state index contributed by atoms with van der Waals surface area (Å²) in [5.41, 5.74) is 13.0. The maximum Gasteiger partial charge on any atom is 0.245 e. The van der Waals surface area contributed by atoms with Gasteiger partial charge in [-0.2, -0.15) is 0 Å². The van der Waals surface area contributed by atoms with E-state index in [0.29, 0.717) is 48.1 Å². The van der Waals surface area contributed by atoms with Gasteiger partial charge in [-0.15, -0.1) is 0 Å². The van der Waals surface area contributed by atoms with E-state index in [1.54, 1.807) is 52.4 Å². The molecule has 11 atom stereocenters. The Hall–Kier alpha value is -8.78. The van der Waals surface area contributed by atoms with E-state index in [-0.39, 0.29) is 87.2 Å². The highest BCUT2D eigenvalue weighted by molar-refractivity contribution is 6.43. The van der Waals surface area contributed by atoms with Gasteiger partial charge in [0.2, 0.25) is 47.1 Å². The molecule has 7 amide bonds. The predicted octanol–water partition coefficient (Wildman–Crippen LogP) is 0.998. The summed E-state index contributed by atoms with van der Waals surface area (Å²) >= 11 is 0. The molecule has 2 heterocycles. The number of carbonyl (C=O) groups is 11. The number of aliphatic hydroxyl groups excluding tert-OH is 1. The van der Waals surface area contributed by atoms with Crippen LogP contribution < -0.4 is 48.7 Å². The number of H-pyrrole nitrogens is 2. The van der Waals surface area contributed by atoms with Crippen LogP contribution in [0.25, 0.3) is 10.9 Å². The number of rotatable bonds is 30. The van der Waals surface area contributed by atoms with Gasteiger partial charge in [-0.25, -0.2) is 0 Å². The summed E-state index contributed by atoms with van der Waals surface area (Å²) < 4.78 is 6.06. The van der Waals surface area contributed by atoms with Crippen molar-refractivity contribution in [2.24, 2.45) is 46.0 Å². The SMILES string of the molecule is CCNC(=O)C1CCCC1C(=O)C(CCCN=C(N)N)NC(=O)C(CC(C)C)NC(=O)C(COC(C)(C)C)NC(=O)C(Cc1ccc(O)cc1)NC(=O)C(CO)NC(=O)C(Cc1c[nH]c2ccccc12)C1C(=O)C(NC(=O)C2CCC(=O)C2=O)Cc2c[nH]cc21. The second-order valence-corrected chi connectivity index (χ2v) is 24.9. The summed E-state index contributed by atoms with van der Waals surface area (Å²) in [7, 11) is 0. The summed E-state index contributed by atoms with van der Waals surface area (Å²) in [5.74, 6) is -13.6. The highest BCUT2D eigenvalue weighted by Gasteiger charge is 2.47. The molecule has 0 bridgehead atoms. The molecule has 90 heavy (non-hydrogen) atoms. The first-order valence-electron chi connectivity index (χ1n) is 30.8. The number of amides is 7. The second kappa shape index (κ2) is 31.1. The number of phenolic OH excluding ortho intramolecular Hbond substituents is 1. The van der Waals surface area contributed by atoms with Gasteiger partial charge in [0.25, 0.3) is 0 Å². The van der Waals surface area contributed by atoms with Crippen LogP contribution in [0.2, 0.25) is 0 Å². The van der Waals surface area contributed by atoms with Gasteiger partial charge in [0.1, 0.15) is 35.8 Å². The van der Waals surface area contributed by atoms with Gasteiger partial charge in [-0.3, -0.25) is 57.7 Å². The van der Waals surface area contributed by atoms with Gasteiger partial charge < -0.3 is 73.6 Å². The lowest BCUT2D eigenvalue weighted by atomic mass is 9.72. The Kier molecular flexibility index (Phi) is 23.7. The van der Waals surface area contributed by atoms with E-state index in [4.69, 9.17) is 16.2 Å². The van der Waals surface area contributed by atoms with Crippen molar-refractivity contribution in [3.05, 3.63) is 89.4 Å². The van der Waals surface area contributed by atoms with Gasteiger partial charge in [0.15, 0.2) is 23.3 Å². The first-order chi connectivity index (χ1) is 42.8. The number of aromatic amines is 2. The Morgan fingerprint density at radius 1 is 0.756 bits per heavy atom. The molecule has 26 nitrogen and oxygen atoms in total. The molecule has 7 rings (SSSR count). The number of guanidine groups is 1. The molecule has 11 unspecified atom stereocenters. The molecule has 26 heteroatoms. The third-order valence-electron chi connectivity index (χ3n) is 16.7. The van der Waals surface area contributed by atoms with E-state index < -0.39 is 137 Å². The number of aromatic nitrogens is 2. The van der Waals surface area contributed by atoms with Crippen molar-refractivity contribution < 1.29 is 67.7 Å². The number of ketones is 4. The van der Waals surface area contributed by atoms with Crippen molar-refractivity contribution in [3.63, 3.8) is 0 Å². The second-order valence-electron chi connectivity index (χ2n) is 24.9. The van der Waals surface area contributed by atoms with Gasteiger partial charge in [0.05, 0.1) is 42.7 Å². The molecule has 0 radical (unpaired) electrons. The maximum atomic E-state index is 15.1. The number of hydrogen-bond acceptors (Lipinski definition) is 15. The van der Waals surface area contributed by atoms with Gasteiger partial charge >= 0.3 is 0 Å². The molecule has 0 spiro atoms. The normalized spacial score (nSPS) is 20.2. The average molecular weight is 1250 g/mol. The number of aliphatic hydroxyl groups is 1. The van der Waals surface area contributed by atoms with Crippen molar-refractivity contribution in [3.8, 4) is 5.75 Å². The van der Waals surface area contributed by atoms with E-state index in [1.165, 1.54) is 24.3 Å². The number of para-hydroxylation sites is 1. The number of Topliss-reactive ketones (excluding diaryl/α,β-unsaturated/α-hetero) is 4. The van der Waals surface area contributed by atoms with E-state index in [1.807, 2.05) is 32.0 Å². The quantitative estimate of drug-likeness (QED) is 0.0114. The molecule has 2 fully saturated rings. The third kappa shape index (κ3) is 18.0. The smallest absolute Gasteiger partial charge is 0.245 e. The van der Waals surface area contributed by atoms with Gasteiger partial charge in [0, 0.05) is 73.7 Å². The lowest BCUT2D eigenvalue weighted by Crippen LogP contribution is -2.61. The zero-order chi connectivity index (χ0) is 65.6. The fraction of sp³-hybridized carbons (Fsp3) is 0.531. The molecule has 2 aromatic carbocycles. The Balaban J connectivity index is 1.14. The van der Waals surface area contributed by atoms with Crippen LogP contribution in [-0.4, -0.2) is 159 Å². The van der Waals surface area contributed by atoms with Gasteiger partial charge in [-0.05, 0) is 119 Å². The lowest BCUT2D eigenvalue weighted by Gasteiger charge is -2.34. The van der Waals surface area contributed by atoms with Crippen LogP contribution in [0.1, 0.15) is 121 Å². The standard InChI is InChI=1S/C64H86N12O14/c1-7-68-56(83)40-14-10-13-39(40)53(80)45(16-11-23-69-63(65)66)71-59(86)47(24-33(2)3)73-62(89)50(32-90-64(4,5)6)76-60(87)48(25-34-17-19-37(78)20-18-34)74-61(88)49(31-77)75-58(85)42(26-35-29-70-44-15-9-8-12-38(35)44)52-43-30-67-28-36(43)27-46(55(52)82)72-57(84)41-21-22-51(79)54(41)81/h8-9,12,15,17-20,28-30,33,39-42,45-50,52,67,70,77-78H,7,10-11,13-14,16,21-27,31-32H2,1-6H3,(H,68,83)(H,71,86)(H,72,84)(H,73,89)(H,74,88)(H,75,85)(H,76,87)(H4,65,66,69). The van der Waals surface area contributed by atoms with Crippen molar-refractivity contribution >= 4 is 81.3 Å². The average Bonchev–Trinajstić information content (AvgIpc) is 1.45. The van der Waals surface area contributed by atoms with Crippen LogP contribution in [0.4, 0.5) is 0 Å². The minimum Gasteiger partial charge on any atom is -0.508 e. The van der Waals surface area contributed by atoms with Gasteiger partial charge in [-0.1, -0.05) is 50.6 Å². The lowest BCUT2D eigenvalue weighted by molar-refractivity contribution is -0.141. The molecule has 486 valence electrons. The molecular weight excluding hydrogens is 1160 g/mol. The molecule has 0 aliphatic heterocycles. The van der Waals surface area contributed by atoms with Crippen LogP contribution in [0.5, 0.6) is 5.75 Å². The molecule has 0 saturated heterocycles. The van der Waals surface area contributed by atoms with E-state index in [2.05, 4.69) is 52.2 Å². The van der Waals surface area contributed by atoms with Crippen LogP contribution in [0.3, 0.4) is 0 Å². The van der Waals surface area contributed by atoms with Crippen LogP contribution >= 0.6 is 0 Å². The van der Waals surface area contributed by atoms with E-state index in [0.717, 1.165) is 10.9 Å².